The largest absolute Gasteiger partial charge is 0.462 e. The zero-order valence-corrected chi connectivity index (χ0v) is 17.3. The Labute approximate surface area is 181 Å². The van der Waals surface area contributed by atoms with E-state index >= 15 is 0 Å². The zero-order chi connectivity index (χ0) is 21.6. The van der Waals surface area contributed by atoms with Crippen LogP contribution in [0, 0.1) is 5.92 Å². The molecule has 0 saturated carbocycles. The average Bonchev–Trinajstić information content (AvgIpc) is 3.16. The van der Waals surface area contributed by atoms with Gasteiger partial charge in [0.15, 0.2) is 0 Å². The standard InChI is InChI=1S/C25H24N2O4/c1-2-30-25(29)22-11-6-12-26-24(22)31-21-10-5-9-20(16-21)27-23(28)15-17-13-18-7-3-4-8-19(18)14-17/h3-12,16-17H,2,13-15H2,1H3,(H,27,28). The molecule has 0 radical (unpaired) electrons. The molecule has 1 heterocycles. The Balaban J connectivity index is 1.39. The number of pyridine rings is 1. The molecule has 0 spiro atoms. The number of carbonyl (C=O) groups is 2. The van der Waals surface area contributed by atoms with Gasteiger partial charge in [-0.15, -0.1) is 0 Å². The molecule has 0 unspecified atom stereocenters. The lowest BCUT2D eigenvalue weighted by Gasteiger charge is -2.12. The average molecular weight is 416 g/mol. The minimum Gasteiger partial charge on any atom is -0.462 e. The lowest BCUT2D eigenvalue weighted by molar-refractivity contribution is -0.117. The summed E-state index contributed by atoms with van der Waals surface area (Å²) >= 11 is 0. The van der Waals surface area contributed by atoms with Crippen LogP contribution in [0.2, 0.25) is 0 Å². The summed E-state index contributed by atoms with van der Waals surface area (Å²) in [5, 5.41) is 2.95. The molecule has 1 amide bonds. The lowest BCUT2D eigenvalue weighted by atomic mass is 10.0. The molecule has 2 aromatic carbocycles. The van der Waals surface area contributed by atoms with Crippen LogP contribution in [-0.4, -0.2) is 23.5 Å². The zero-order valence-electron chi connectivity index (χ0n) is 17.3. The van der Waals surface area contributed by atoms with E-state index < -0.39 is 5.97 Å². The highest BCUT2D eigenvalue weighted by molar-refractivity contribution is 5.92. The smallest absolute Gasteiger partial charge is 0.343 e. The molecule has 6 nitrogen and oxygen atoms in total. The Morgan fingerprint density at radius 2 is 1.81 bits per heavy atom. The third kappa shape index (κ3) is 5.09. The number of aromatic nitrogens is 1. The highest BCUT2D eigenvalue weighted by Crippen LogP contribution is 2.29. The topological polar surface area (TPSA) is 77.5 Å². The van der Waals surface area contributed by atoms with Gasteiger partial charge < -0.3 is 14.8 Å². The van der Waals surface area contributed by atoms with E-state index in [1.165, 1.54) is 11.1 Å². The number of anilines is 1. The van der Waals surface area contributed by atoms with E-state index in [9.17, 15) is 9.59 Å². The second kappa shape index (κ2) is 9.43. The van der Waals surface area contributed by atoms with Crippen molar-refractivity contribution in [1.82, 2.24) is 4.98 Å². The first-order chi connectivity index (χ1) is 15.1. The van der Waals surface area contributed by atoms with Crippen molar-refractivity contribution in [2.45, 2.75) is 26.2 Å². The molecule has 158 valence electrons. The van der Waals surface area contributed by atoms with E-state index in [2.05, 4.69) is 22.4 Å². The Hall–Kier alpha value is -3.67. The number of esters is 1. The fourth-order valence-corrected chi connectivity index (χ4v) is 3.85. The van der Waals surface area contributed by atoms with E-state index in [0.717, 1.165) is 12.8 Å². The van der Waals surface area contributed by atoms with Crippen molar-refractivity contribution in [3.05, 3.63) is 83.6 Å². The van der Waals surface area contributed by atoms with Crippen LogP contribution in [0.1, 0.15) is 34.8 Å². The van der Waals surface area contributed by atoms with Crippen molar-refractivity contribution < 1.29 is 19.1 Å². The molecule has 1 aliphatic rings. The summed E-state index contributed by atoms with van der Waals surface area (Å²) in [6.45, 7) is 2.01. The van der Waals surface area contributed by atoms with Crippen LogP contribution in [0.25, 0.3) is 0 Å². The summed E-state index contributed by atoms with van der Waals surface area (Å²) in [4.78, 5) is 28.8. The van der Waals surface area contributed by atoms with Gasteiger partial charge in [0.1, 0.15) is 11.3 Å². The van der Waals surface area contributed by atoms with Gasteiger partial charge in [-0.2, -0.15) is 0 Å². The SMILES string of the molecule is CCOC(=O)c1cccnc1Oc1cccc(NC(=O)CC2Cc3ccccc3C2)c1. The highest BCUT2D eigenvalue weighted by Gasteiger charge is 2.23. The first-order valence-corrected chi connectivity index (χ1v) is 10.4. The van der Waals surface area contributed by atoms with Crippen molar-refractivity contribution in [2.24, 2.45) is 5.92 Å². The summed E-state index contributed by atoms with van der Waals surface area (Å²) in [5.74, 6) is 0.425. The van der Waals surface area contributed by atoms with Gasteiger partial charge in [-0.1, -0.05) is 30.3 Å². The van der Waals surface area contributed by atoms with Crippen LogP contribution in [0.3, 0.4) is 0 Å². The molecular formula is C25H24N2O4. The minimum absolute atomic E-state index is 0.0278. The van der Waals surface area contributed by atoms with Gasteiger partial charge in [-0.3, -0.25) is 4.79 Å². The molecule has 3 aromatic rings. The molecule has 6 heteroatoms. The molecule has 0 aliphatic heterocycles. The van der Waals surface area contributed by atoms with Gasteiger partial charge in [-0.05, 0) is 61.1 Å². The maximum absolute atomic E-state index is 12.6. The summed E-state index contributed by atoms with van der Waals surface area (Å²) in [5.41, 5.74) is 3.55. The Morgan fingerprint density at radius 1 is 1.03 bits per heavy atom. The molecule has 0 atom stereocenters. The van der Waals surface area contributed by atoms with Crippen LogP contribution < -0.4 is 10.1 Å². The van der Waals surface area contributed by atoms with Gasteiger partial charge in [0.2, 0.25) is 11.8 Å². The van der Waals surface area contributed by atoms with Crippen molar-refractivity contribution in [3.8, 4) is 11.6 Å². The van der Waals surface area contributed by atoms with Crippen LogP contribution in [0.5, 0.6) is 11.6 Å². The number of amides is 1. The van der Waals surface area contributed by atoms with Gasteiger partial charge in [0.05, 0.1) is 6.61 Å². The van der Waals surface area contributed by atoms with Crippen LogP contribution in [0.4, 0.5) is 5.69 Å². The Kier molecular flexibility index (Phi) is 6.26. The molecule has 31 heavy (non-hydrogen) atoms. The molecule has 0 bridgehead atoms. The number of ether oxygens (including phenoxy) is 2. The van der Waals surface area contributed by atoms with Crippen molar-refractivity contribution >= 4 is 17.6 Å². The van der Waals surface area contributed by atoms with Crippen LogP contribution >= 0.6 is 0 Å². The molecule has 1 N–H and O–H groups in total. The predicted octanol–water partition coefficient (Wildman–Crippen LogP) is 4.79. The monoisotopic (exact) mass is 416 g/mol. The minimum atomic E-state index is -0.493. The molecule has 1 aliphatic carbocycles. The number of benzene rings is 2. The summed E-state index contributed by atoms with van der Waals surface area (Å²) in [6.07, 6.45) is 3.88. The van der Waals surface area contributed by atoms with Gasteiger partial charge in [0.25, 0.3) is 0 Å². The number of hydrogen-bond donors (Lipinski definition) is 1. The summed E-state index contributed by atoms with van der Waals surface area (Å²) < 4.78 is 10.9. The normalized spacial score (nSPS) is 12.8. The maximum Gasteiger partial charge on any atom is 0.343 e. The van der Waals surface area contributed by atoms with Gasteiger partial charge >= 0.3 is 5.97 Å². The maximum atomic E-state index is 12.6. The number of nitrogens with zero attached hydrogens (tertiary/aromatic N) is 1. The van der Waals surface area contributed by atoms with E-state index in [4.69, 9.17) is 9.47 Å². The van der Waals surface area contributed by atoms with Gasteiger partial charge in [-0.25, -0.2) is 9.78 Å². The lowest BCUT2D eigenvalue weighted by Crippen LogP contribution is -2.16. The predicted molar refractivity (Wildman–Crippen MR) is 117 cm³/mol. The number of nitrogens with one attached hydrogen (secondary N) is 1. The number of rotatable bonds is 7. The van der Waals surface area contributed by atoms with Crippen molar-refractivity contribution in [1.29, 1.82) is 0 Å². The first-order valence-electron chi connectivity index (χ1n) is 10.4. The Morgan fingerprint density at radius 3 is 2.55 bits per heavy atom. The first kappa shape index (κ1) is 20.6. The van der Waals surface area contributed by atoms with Crippen molar-refractivity contribution in [2.75, 3.05) is 11.9 Å². The third-order valence-electron chi connectivity index (χ3n) is 5.21. The van der Waals surface area contributed by atoms with Crippen molar-refractivity contribution in [3.63, 3.8) is 0 Å². The van der Waals surface area contributed by atoms with E-state index in [1.807, 2.05) is 12.1 Å². The number of carbonyl (C=O) groups excluding carboxylic acids is 2. The highest BCUT2D eigenvalue weighted by atomic mass is 16.5. The number of hydrogen-bond acceptors (Lipinski definition) is 5. The second-order valence-electron chi connectivity index (χ2n) is 7.50. The van der Waals surface area contributed by atoms with Gasteiger partial charge in [0, 0.05) is 24.4 Å². The quantitative estimate of drug-likeness (QED) is 0.560. The number of fused-ring (bicyclic) bond motifs is 1. The molecule has 4 rings (SSSR count). The molecule has 0 saturated heterocycles. The second-order valence-corrected chi connectivity index (χ2v) is 7.50. The van der Waals surface area contributed by atoms with E-state index in [-0.39, 0.29) is 24.0 Å². The fourth-order valence-electron chi connectivity index (χ4n) is 3.85. The summed E-state index contributed by atoms with van der Waals surface area (Å²) in [7, 11) is 0. The molecule has 0 fully saturated rings. The summed E-state index contributed by atoms with van der Waals surface area (Å²) in [6, 6.07) is 18.7. The molecule has 1 aromatic heterocycles. The van der Waals surface area contributed by atoms with E-state index in [1.54, 1.807) is 49.5 Å². The third-order valence-corrected chi connectivity index (χ3v) is 5.21. The molecular weight excluding hydrogens is 392 g/mol. The fraction of sp³-hybridized carbons (Fsp3) is 0.240. The van der Waals surface area contributed by atoms with Crippen LogP contribution in [0.15, 0.2) is 66.9 Å². The van der Waals surface area contributed by atoms with E-state index in [0.29, 0.717) is 23.8 Å². The Bertz CT molecular complexity index is 1070. The van der Waals surface area contributed by atoms with Crippen LogP contribution in [-0.2, 0) is 22.4 Å².